The maximum atomic E-state index is 12.4. The first-order valence-corrected chi connectivity index (χ1v) is 10.4. The molecule has 1 aromatic carbocycles. The van der Waals surface area contributed by atoms with Crippen molar-refractivity contribution in [1.82, 2.24) is 15.1 Å². The van der Waals surface area contributed by atoms with Gasteiger partial charge in [0, 0.05) is 38.6 Å². The summed E-state index contributed by atoms with van der Waals surface area (Å²) in [5, 5.41) is 3.07. The second kappa shape index (κ2) is 8.77. The fraction of sp³-hybridized carbons (Fsp3) is 0.636. The van der Waals surface area contributed by atoms with E-state index in [9.17, 15) is 9.59 Å². The average molecular weight is 372 g/mol. The zero-order chi connectivity index (χ0) is 19.3. The van der Waals surface area contributed by atoms with E-state index in [2.05, 4.69) is 41.4 Å². The van der Waals surface area contributed by atoms with Gasteiger partial charge in [-0.2, -0.15) is 0 Å². The van der Waals surface area contributed by atoms with Crippen LogP contribution in [0.4, 0.5) is 4.79 Å². The van der Waals surface area contributed by atoms with Gasteiger partial charge in [0.25, 0.3) is 0 Å². The fourth-order valence-corrected chi connectivity index (χ4v) is 4.21. The van der Waals surface area contributed by atoms with Crippen molar-refractivity contribution in [2.45, 2.75) is 58.4 Å². The number of urea groups is 1. The van der Waals surface area contributed by atoms with Gasteiger partial charge in [0.05, 0.1) is 0 Å². The van der Waals surface area contributed by atoms with E-state index in [4.69, 9.17) is 0 Å². The number of benzene rings is 1. The number of hydrogen-bond donors (Lipinski definition) is 1. The van der Waals surface area contributed by atoms with Crippen LogP contribution in [0.25, 0.3) is 0 Å². The Morgan fingerprint density at radius 3 is 2.56 bits per heavy atom. The van der Waals surface area contributed by atoms with E-state index in [1.165, 1.54) is 5.56 Å². The molecule has 1 atom stereocenters. The van der Waals surface area contributed by atoms with Gasteiger partial charge in [0.2, 0.25) is 5.91 Å². The lowest BCUT2D eigenvalue weighted by molar-refractivity contribution is -0.138. The summed E-state index contributed by atoms with van der Waals surface area (Å²) < 4.78 is 0. The third kappa shape index (κ3) is 5.02. The molecule has 2 fully saturated rings. The number of hydrogen-bond acceptors (Lipinski definition) is 2. The summed E-state index contributed by atoms with van der Waals surface area (Å²) >= 11 is 0. The summed E-state index contributed by atoms with van der Waals surface area (Å²) in [7, 11) is 0. The van der Waals surface area contributed by atoms with Crippen molar-refractivity contribution in [1.29, 1.82) is 0 Å². The van der Waals surface area contributed by atoms with Crippen molar-refractivity contribution in [2.75, 3.05) is 26.2 Å². The lowest BCUT2D eigenvalue weighted by Gasteiger charge is -2.47. The number of amides is 3. The van der Waals surface area contributed by atoms with Gasteiger partial charge < -0.3 is 15.1 Å². The molecule has 1 spiro atoms. The third-order valence-electron chi connectivity index (χ3n) is 6.35. The van der Waals surface area contributed by atoms with Crippen molar-refractivity contribution in [3.8, 4) is 0 Å². The van der Waals surface area contributed by atoms with Crippen LogP contribution in [0, 0.1) is 5.41 Å². The maximum absolute atomic E-state index is 12.4. The lowest BCUT2D eigenvalue weighted by Crippen LogP contribution is -2.54. The molecule has 0 saturated carbocycles. The van der Waals surface area contributed by atoms with Gasteiger partial charge in [0.15, 0.2) is 0 Å². The molecule has 5 heteroatoms. The van der Waals surface area contributed by atoms with E-state index in [1.54, 1.807) is 0 Å². The van der Waals surface area contributed by atoms with E-state index in [1.807, 2.05) is 17.9 Å². The van der Waals surface area contributed by atoms with Crippen LogP contribution in [0.1, 0.15) is 51.5 Å². The Hall–Kier alpha value is -2.04. The number of carbonyl (C=O) groups excluding carboxylic acids is 2. The van der Waals surface area contributed by atoms with Crippen LogP contribution in [0.5, 0.6) is 0 Å². The fourth-order valence-electron chi connectivity index (χ4n) is 4.21. The lowest BCUT2D eigenvalue weighted by atomic mass is 9.72. The maximum Gasteiger partial charge on any atom is 0.317 e. The van der Waals surface area contributed by atoms with Crippen LogP contribution in [-0.2, 0) is 11.2 Å². The molecular formula is C22H33N3O2. The predicted molar refractivity (Wildman–Crippen MR) is 107 cm³/mol. The Morgan fingerprint density at radius 1 is 1.19 bits per heavy atom. The van der Waals surface area contributed by atoms with E-state index in [-0.39, 0.29) is 23.4 Å². The number of carbonyl (C=O) groups is 2. The molecule has 2 aliphatic rings. The molecule has 2 aliphatic heterocycles. The van der Waals surface area contributed by atoms with Gasteiger partial charge in [-0.1, -0.05) is 37.3 Å². The number of nitrogens with one attached hydrogen (secondary N) is 1. The number of likely N-dealkylation sites (tertiary alicyclic amines) is 2. The molecule has 27 heavy (non-hydrogen) atoms. The highest BCUT2D eigenvalue weighted by Crippen LogP contribution is 2.40. The highest BCUT2D eigenvalue weighted by atomic mass is 16.2. The molecule has 1 N–H and O–H groups in total. The molecule has 2 saturated heterocycles. The summed E-state index contributed by atoms with van der Waals surface area (Å²) in [5.41, 5.74) is 1.47. The third-order valence-corrected chi connectivity index (χ3v) is 6.35. The second-order valence-corrected chi connectivity index (χ2v) is 8.30. The molecule has 3 rings (SSSR count). The standard InChI is InChI=1S/C22H33N3O2/c1-3-18(2)23-21(27)24-15-12-22(13-16-24)11-9-20(26)25(17-22)14-10-19-7-5-4-6-8-19/h4-8,18H,3,9-17H2,1-2H3,(H,23,27). The van der Waals surface area contributed by atoms with Crippen LogP contribution in [0.3, 0.4) is 0 Å². The molecule has 3 amide bonds. The minimum atomic E-state index is 0.0621. The molecular weight excluding hydrogens is 338 g/mol. The smallest absolute Gasteiger partial charge is 0.317 e. The quantitative estimate of drug-likeness (QED) is 0.862. The molecule has 1 aromatic rings. The van der Waals surface area contributed by atoms with Crippen LogP contribution < -0.4 is 5.32 Å². The first kappa shape index (κ1) is 19.7. The molecule has 0 aromatic heterocycles. The molecule has 5 nitrogen and oxygen atoms in total. The monoisotopic (exact) mass is 371 g/mol. The van der Waals surface area contributed by atoms with Crippen LogP contribution in [0.15, 0.2) is 30.3 Å². The molecule has 1 unspecified atom stereocenters. The van der Waals surface area contributed by atoms with Crippen molar-refractivity contribution in [2.24, 2.45) is 5.41 Å². The van der Waals surface area contributed by atoms with Crippen molar-refractivity contribution in [3.05, 3.63) is 35.9 Å². The molecule has 2 heterocycles. The second-order valence-electron chi connectivity index (χ2n) is 8.30. The van der Waals surface area contributed by atoms with Crippen LogP contribution in [-0.4, -0.2) is 54.0 Å². The topological polar surface area (TPSA) is 52.7 Å². The normalized spacial score (nSPS) is 20.6. The molecule has 0 bridgehead atoms. The van der Waals surface area contributed by atoms with E-state index < -0.39 is 0 Å². The Morgan fingerprint density at radius 2 is 1.89 bits per heavy atom. The SMILES string of the molecule is CCC(C)NC(=O)N1CCC2(CCC(=O)N(CCc3ccccc3)C2)CC1. The summed E-state index contributed by atoms with van der Waals surface area (Å²) in [5.74, 6) is 0.286. The first-order valence-electron chi connectivity index (χ1n) is 10.4. The zero-order valence-electron chi connectivity index (χ0n) is 16.7. The Bertz CT molecular complexity index is 638. The van der Waals surface area contributed by atoms with Crippen molar-refractivity contribution < 1.29 is 9.59 Å². The van der Waals surface area contributed by atoms with E-state index in [0.29, 0.717) is 6.42 Å². The summed E-state index contributed by atoms with van der Waals surface area (Å²) in [6, 6.07) is 10.7. The van der Waals surface area contributed by atoms with Crippen molar-refractivity contribution in [3.63, 3.8) is 0 Å². The minimum Gasteiger partial charge on any atom is -0.342 e. The highest BCUT2D eigenvalue weighted by Gasteiger charge is 2.41. The van der Waals surface area contributed by atoms with Gasteiger partial charge in [-0.05, 0) is 50.0 Å². The average Bonchev–Trinajstić information content (AvgIpc) is 2.70. The van der Waals surface area contributed by atoms with Crippen LogP contribution in [0.2, 0.25) is 0 Å². The van der Waals surface area contributed by atoms with Gasteiger partial charge in [-0.15, -0.1) is 0 Å². The number of piperidine rings is 2. The van der Waals surface area contributed by atoms with Crippen molar-refractivity contribution >= 4 is 11.9 Å². The summed E-state index contributed by atoms with van der Waals surface area (Å²) in [6.45, 7) is 7.36. The Kier molecular flexibility index (Phi) is 6.40. The highest BCUT2D eigenvalue weighted by molar-refractivity contribution is 5.77. The predicted octanol–water partition coefficient (Wildman–Crippen LogP) is 3.44. The molecule has 0 radical (unpaired) electrons. The van der Waals surface area contributed by atoms with E-state index in [0.717, 1.165) is 58.3 Å². The summed E-state index contributed by atoms with van der Waals surface area (Å²) in [4.78, 5) is 28.8. The summed E-state index contributed by atoms with van der Waals surface area (Å²) in [6.07, 6.45) is 5.46. The zero-order valence-corrected chi connectivity index (χ0v) is 16.7. The van der Waals surface area contributed by atoms with Gasteiger partial charge >= 0.3 is 6.03 Å². The van der Waals surface area contributed by atoms with Gasteiger partial charge in [-0.25, -0.2) is 4.79 Å². The Balaban J connectivity index is 1.53. The number of rotatable bonds is 5. The van der Waals surface area contributed by atoms with Gasteiger partial charge in [0.1, 0.15) is 0 Å². The first-order chi connectivity index (χ1) is 13.0. The minimum absolute atomic E-state index is 0.0621. The largest absolute Gasteiger partial charge is 0.342 e. The van der Waals surface area contributed by atoms with E-state index >= 15 is 0 Å². The molecule has 148 valence electrons. The molecule has 0 aliphatic carbocycles. The van der Waals surface area contributed by atoms with Gasteiger partial charge in [-0.3, -0.25) is 4.79 Å². The Labute approximate surface area is 163 Å². The number of nitrogens with zero attached hydrogens (tertiary/aromatic N) is 2. The van der Waals surface area contributed by atoms with Crippen LogP contribution >= 0.6 is 0 Å².